The Morgan fingerprint density at radius 1 is 1.19 bits per heavy atom. The van der Waals surface area contributed by atoms with Gasteiger partial charge in [-0.05, 0) is 24.3 Å². The summed E-state index contributed by atoms with van der Waals surface area (Å²) in [4.78, 5) is 22.2. The van der Waals surface area contributed by atoms with E-state index in [0.717, 1.165) is 49.1 Å². The highest BCUT2D eigenvalue weighted by Gasteiger charge is 2.21. The number of carbonyl (C=O) groups is 1. The van der Waals surface area contributed by atoms with E-state index in [1.807, 2.05) is 51.3 Å². The Morgan fingerprint density at radius 3 is 2.70 bits per heavy atom. The molecule has 3 aromatic rings. The second kappa shape index (κ2) is 8.29. The number of hydrogen-bond donors (Lipinski definition) is 0. The summed E-state index contributed by atoms with van der Waals surface area (Å²) in [5.41, 5.74) is 0.839. The lowest BCUT2D eigenvalue weighted by Crippen LogP contribution is -2.50. The fourth-order valence-corrected chi connectivity index (χ4v) is 4.02. The zero-order chi connectivity index (χ0) is 18.6. The van der Waals surface area contributed by atoms with Gasteiger partial charge < -0.3 is 9.64 Å². The minimum atomic E-state index is 0.151. The van der Waals surface area contributed by atoms with Crippen molar-refractivity contribution >= 4 is 33.8 Å². The lowest BCUT2D eigenvalue weighted by Gasteiger charge is -2.34. The second-order valence-corrected chi connectivity index (χ2v) is 7.84. The predicted molar refractivity (Wildman–Crippen MR) is 107 cm³/mol. The molecule has 1 fully saturated rings. The van der Waals surface area contributed by atoms with Crippen molar-refractivity contribution in [1.29, 1.82) is 0 Å². The van der Waals surface area contributed by atoms with E-state index in [9.17, 15) is 4.79 Å². The quantitative estimate of drug-likeness (QED) is 0.634. The first-order valence-corrected chi connectivity index (χ1v) is 10.2. The van der Waals surface area contributed by atoms with Gasteiger partial charge in [-0.1, -0.05) is 11.6 Å². The molecule has 0 unspecified atom stereocenters. The third-order valence-electron chi connectivity index (χ3n) is 4.69. The van der Waals surface area contributed by atoms with Crippen LogP contribution in [-0.2, 0) is 11.2 Å². The van der Waals surface area contributed by atoms with Crippen molar-refractivity contribution in [1.82, 2.24) is 19.2 Å². The van der Waals surface area contributed by atoms with E-state index >= 15 is 0 Å². The number of halogens is 1. The molecule has 27 heavy (non-hydrogen) atoms. The molecule has 1 aliphatic rings. The van der Waals surface area contributed by atoms with Gasteiger partial charge in [0.2, 0.25) is 5.91 Å². The van der Waals surface area contributed by atoms with Gasteiger partial charge in [-0.3, -0.25) is 14.1 Å². The lowest BCUT2D eigenvalue weighted by molar-refractivity contribution is -0.132. The summed E-state index contributed by atoms with van der Waals surface area (Å²) in [6.07, 6.45) is 4.27. The molecule has 0 aliphatic carbocycles. The number of ether oxygens (including phenoxy) is 1. The molecule has 142 valence electrons. The zero-order valence-corrected chi connectivity index (χ0v) is 16.5. The van der Waals surface area contributed by atoms with E-state index < -0.39 is 0 Å². The molecule has 1 aromatic carbocycles. The van der Waals surface area contributed by atoms with Gasteiger partial charge in [-0.25, -0.2) is 4.98 Å². The van der Waals surface area contributed by atoms with Crippen molar-refractivity contribution in [3.8, 4) is 5.75 Å². The molecule has 4 rings (SSSR count). The summed E-state index contributed by atoms with van der Waals surface area (Å²) in [6.45, 7) is 4.72. The average molecular weight is 405 g/mol. The Hall–Kier alpha value is -2.09. The van der Waals surface area contributed by atoms with Crippen LogP contribution in [0.25, 0.3) is 4.96 Å². The number of aromatic nitrogens is 2. The number of piperazine rings is 1. The topological polar surface area (TPSA) is 50.1 Å². The summed E-state index contributed by atoms with van der Waals surface area (Å²) in [5, 5.41) is 2.70. The summed E-state index contributed by atoms with van der Waals surface area (Å²) >= 11 is 7.45. The Bertz CT molecular complexity index is 871. The Labute approximate surface area is 166 Å². The Balaban J connectivity index is 1.19. The molecular formula is C19H21ClN4O2S. The number of imidazole rings is 1. The zero-order valence-electron chi connectivity index (χ0n) is 14.9. The maximum Gasteiger partial charge on any atom is 0.228 e. The van der Waals surface area contributed by atoms with Gasteiger partial charge >= 0.3 is 0 Å². The maximum atomic E-state index is 12.5. The number of fused-ring (bicyclic) bond motifs is 1. The first-order chi connectivity index (χ1) is 13.2. The van der Waals surface area contributed by atoms with Crippen LogP contribution in [-0.4, -0.2) is 64.4 Å². The summed E-state index contributed by atoms with van der Waals surface area (Å²) in [5.74, 6) is 0.978. The number of thiazole rings is 1. The third kappa shape index (κ3) is 4.61. The number of hydrogen-bond acceptors (Lipinski definition) is 5. The number of rotatable bonds is 6. The highest BCUT2D eigenvalue weighted by Crippen LogP contribution is 2.16. The van der Waals surface area contributed by atoms with Crippen LogP contribution in [0.3, 0.4) is 0 Å². The van der Waals surface area contributed by atoms with Crippen molar-refractivity contribution in [2.24, 2.45) is 0 Å². The maximum absolute atomic E-state index is 12.5. The average Bonchev–Trinajstić information content (AvgIpc) is 3.25. The molecule has 6 nitrogen and oxygen atoms in total. The summed E-state index contributed by atoms with van der Waals surface area (Å²) in [6, 6.07) is 7.40. The first-order valence-electron chi connectivity index (χ1n) is 8.97. The molecule has 1 saturated heterocycles. The van der Waals surface area contributed by atoms with Crippen molar-refractivity contribution in [3.05, 3.63) is 52.8 Å². The molecule has 0 saturated carbocycles. The lowest BCUT2D eigenvalue weighted by atomic mass is 10.2. The normalized spacial score (nSPS) is 15.4. The van der Waals surface area contributed by atoms with Crippen LogP contribution in [0.15, 0.2) is 42.0 Å². The van der Waals surface area contributed by atoms with Crippen LogP contribution in [0, 0.1) is 0 Å². The van der Waals surface area contributed by atoms with Crippen molar-refractivity contribution < 1.29 is 9.53 Å². The molecule has 0 radical (unpaired) electrons. The minimum Gasteiger partial charge on any atom is -0.492 e. The van der Waals surface area contributed by atoms with Crippen molar-refractivity contribution in [3.63, 3.8) is 0 Å². The van der Waals surface area contributed by atoms with E-state index in [2.05, 4.69) is 9.88 Å². The van der Waals surface area contributed by atoms with E-state index in [1.165, 1.54) is 0 Å². The van der Waals surface area contributed by atoms with Gasteiger partial charge in [0, 0.05) is 55.5 Å². The van der Waals surface area contributed by atoms with E-state index in [1.54, 1.807) is 11.3 Å². The van der Waals surface area contributed by atoms with E-state index in [0.29, 0.717) is 18.1 Å². The molecule has 8 heteroatoms. The van der Waals surface area contributed by atoms with Crippen molar-refractivity contribution in [2.45, 2.75) is 6.42 Å². The van der Waals surface area contributed by atoms with Crippen LogP contribution in [0.5, 0.6) is 5.75 Å². The van der Waals surface area contributed by atoms with Crippen molar-refractivity contribution in [2.75, 3.05) is 39.3 Å². The second-order valence-electron chi connectivity index (χ2n) is 6.53. The molecular weight excluding hydrogens is 384 g/mol. The monoisotopic (exact) mass is 404 g/mol. The fraction of sp³-hybridized carbons (Fsp3) is 0.368. The van der Waals surface area contributed by atoms with Gasteiger partial charge in [0.15, 0.2) is 4.96 Å². The van der Waals surface area contributed by atoms with E-state index in [4.69, 9.17) is 16.3 Å². The first kappa shape index (κ1) is 18.3. The van der Waals surface area contributed by atoms with Crippen LogP contribution >= 0.6 is 22.9 Å². The van der Waals surface area contributed by atoms with Crippen LogP contribution in [0.4, 0.5) is 0 Å². The van der Waals surface area contributed by atoms with Crippen LogP contribution in [0.2, 0.25) is 5.02 Å². The number of benzene rings is 1. The van der Waals surface area contributed by atoms with Crippen LogP contribution < -0.4 is 4.74 Å². The highest BCUT2D eigenvalue weighted by molar-refractivity contribution is 7.15. The van der Waals surface area contributed by atoms with Gasteiger partial charge in [0.05, 0.1) is 12.1 Å². The number of amides is 1. The van der Waals surface area contributed by atoms with E-state index in [-0.39, 0.29) is 5.91 Å². The molecule has 0 N–H and O–H groups in total. The standard InChI is InChI=1S/C19H21ClN4O2S/c20-15-1-3-17(4-2-15)26-11-9-22-5-7-23(8-6-22)18(25)13-16-14-24-10-12-27-19(24)21-16/h1-4,10,12,14H,5-9,11,13H2. The Morgan fingerprint density at radius 2 is 1.96 bits per heavy atom. The summed E-state index contributed by atoms with van der Waals surface area (Å²) < 4.78 is 7.71. The molecule has 1 amide bonds. The largest absolute Gasteiger partial charge is 0.492 e. The Kier molecular flexibility index (Phi) is 5.61. The molecule has 0 atom stereocenters. The van der Waals surface area contributed by atoms with Gasteiger partial charge in [0.1, 0.15) is 12.4 Å². The van der Waals surface area contributed by atoms with Gasteiger partial charge in [0.25, 0.3) is 0 Å². The number of carbonyl (C=O) groups excluding carboxylic acids is 1. The van der Waals surface area contributed by atoms with Gasteiger partial charge in [-0.2, -0.15) is 0 Å². The molecule has 1 aliphatic heterocycles. The fourth-order valence-electron chi connectivity index (χ4n) is 3.17. The smallest absolute Gasteiger partial charge is 0.228 e. The molecule has 0 spiro atoms. The predicted octanol–water partition coefficient (Wildman–Crippen LogP) is 2.81. The highest BCUT2D eigenvalue weighted by atomic mass is 35.5. The minimum absolute atomic E-state index is 0.151. The molecule has 0 bridgehead atoms. The third-order valence-corrected chi connectivity index (χ3v) is 5.71. The number of nitrogens with zero attached hydrogens (tertiary/aromatic N) is 4. The van der Waals surface area contributed by atoms with Crippen LogP contribution in [0.1, 0.15) is 5.69 Å². The molecule has 3 heterocycles. The molecule has 2 aromatic heterocycles. The van der Waals surface area contributed by atoms with Gasteiger partial charge in [-0.15, -0.1) is 11.3 Å². The summed E-state index contributed by atoms with van der Waals surface area (Å²) in [7, 11) is 0. The SMILES string of the molecule is O=C(Cc1cn2ccsc2n1)N1CCN(CCOc2ccc(Cl)cc2)CC1.